The number of carbonyl (C=O) groups excluding carboxylic acids is 1. The zero-order valence-corrected chi connectivity index (χ0v) is 16.4. The lowest BCUT2D eigenvalue weighted by Crippen LogP contribution is -2.32. The van der Waals surface area contributed by atoms with Crippen molar-refractivity contribution >= 4 is 16.9 Å². The predicted molar refractivity (Wildman–Crippen MR) is 114 cm³/mol. The maximum Gasteiger partial charge on any atom is 0.289 e. The number of ether oxygens (including phenoxy) is 2. The van der Waals surface area contributed by atoms with E-state index < -0.39 is 0 Å². The van der Waals surface area contributed by atoms with Crippen LogP contribution in [0.5, 0.6) is 11.5 Å². The molecule has 0 atom stereocenters. The van der Waals surface area contributed by atoms with Gasteiger partial charge in [-0.2, -0.15) is 0 Å². The molecule has 5 nitrogen and oxygen atoms in total. The summed E-state index contributed by atoms with van der Waals surface area (Å²) in [7, 11) is 0. The molecule has 5 rings (SSSR count). The Morgan fingerprint density at radius 2 is 1.63 bits per heavy atom. The monoisotopic (exact) mass is 399 g/mol. The molecule has 0 N–H and O–H groups in total. The smallest absolute Gasteiger partial charge is 0.289 e. The fourth-order valence-corrected chi connectivity index (χ4v) is 3.66. The van der Waals surface area contributed by atoms with Gasteiger partial charge in [0.1, 0.15) is 5.58 Å². The molecule has 5 heteroatoms. The number of carbonyl (C=O) groups is 1. The van der Waals surface area contributed by atoms with E-state index in [-0.39, 0.29) is 12.7 Å². The Labute approximate surface area is 174 Å². The van der Waals surface area contributed by atoms with Crippen LogP contribution in [0, 0.1) is 0 Å². The number of rotatable bonds is 6. The van der Waals surface area contributed by atoms with Gasteiger partial charge in [-0.25, -0.2) is 0 Å². The highest BCUT2D eigenvalue weighted by molar-refractivity contribution is 5.96. The fraction of sp³-hybridized carbons (Fsp3) is 0.160. The molecule has 30 heavy (non-hydrogen) atoms. The van der Waals surface area contributed by atoms with Crippen LogP contribution in [0.1, 0.15) is 21.7 Å². The van der Waals surface area contributed by atoms with Crippen LogP contribution in [0.3, 0.4) is 0 Å². The molecule has 3 aromatic carbocycles. The molecule has 0 aliphatic carbocycles. The number of amides is 1. The summed E-state index contributed by atoms with van der Waals surface area (Å²) in [5, 5.41) is 0.923. The summed E-state index contributed by atoms with van der Waals surface area (Å²) in [5.41, 5.74) is 2.88. The summed E-state index contributed by atoms with van der Waals surface area (Å²) in [6.07, 6.45) is 0.761. The second kappa shape index (κ2) is 7.95. The highest BCUT2D eigenvalue weighted by Gasteiger charge is 2.21. The molecule has 0 fully saturated rings. The van der Waals surface area contributed by atoms with Crippen LogP contribution in [0.2, 0.25) is 0 Å². The van der Waals surface area contributed by atoms with Crippen molar-refractivity contribution in [2.75, 3.05) is 13.3 Å². The lowest BCUT2D eigenvalue weighted by Gasteiger charge is -2.22. The van der Waals surface area contributed by atoms with Gasteiger partial charge in [0.15, 0.2) is 17.3 Å². The van der Waals surface area contributed by atoms with Crippen molar-refractivity contribution in [1.82, 2.24) is 4.90 Å². The first-order valence-corrected chi connectivity index (χ1v) is 9.96. The molecule has 0 saturated carbocycles. The molecule has 150 valence electrons. The summed E-state index contributed by atoms with van der Waals surface area (Å²) >= 11 is 0. The molecule has 0 saturated heterocycles. The van der Waals surface area contributed by atoms with Crippen LogP contribution in [0.25, 0.3) is 11.0 Å². The fourth-order valence-electron chi connectivity index (χ4n) is 3.66. The molecule has 0 spiro atoms. The van der Waals surface area contributed by atoms with E-state index in [2.05, 4.69) is 12.1 Å². The van der Waals surface area contributed by atoms with E-state index in [1.807, 2.05) is 71.6 Å². The summed E-state index contributed by atoms with van der Waals surface area (Å²) < 4.78 is 16.7. The van der Waals surface area contributed by atoms with Gasteiger partial charge in [0.25, 0.3) is 5.91 Å². The zero-order chi connectivity index (χ0) is 20.3. The van der Waals surface area contributed by atoms with Crippen molar-refractivity contribution in [3.05, 3.63) is 95.7 Å². The van der Waals surface area contributed by atoms with Crippen LogP contribution in [0.4, 0.5) is 0 Å². The third kappa shape index (κ3) is 3.74. The molecule has 1 aliphatic heterocycles. The number of para-hydroxylation sites is 1. The minimum atomic E-state index is -0.125. The summed E-state index contributed by atoms with van der Waals surface area (Å²) in [6, 6.07) is 25.4. The second-order valence-electron chi connectivity index (χ2n) is 7.30. The average Bonchev–Trinajstić information content (AvgIpc) is 3.43. The lowest BCUT2D eigenvalue weighted by atomic mass is 10.1. The Morgan fingerprint density at radius 3 is 2.50 bits per heavy atom. The molecule has 2 heterocycles. The number of furan rings is 1. The Kier molecular flexibility index (Phi) is 4.85. The summed E-state index contributed by atoms with van der Waals surface area (Å²) in [5.74, 6) is 1.68. The van der Waals surface area contributed by atoms with Crippen LogP contribution < -0.4 is 9.47 Å². The third-order valence-electron chi connectivity index (χ3n) is 5.25. The van der Waals surface area contributed by atoms with Gasteiger partial charge < -0.3 is 18.8 Å². The van der Waals surface area contributed by atoms with Crippen LogP contribution >= 0.6 is 0 Å². The summed E-state index contributed by atoms with van der Waals surface area (Å²) in [4.78, 5) is 15.2. The van der Waals surface area contributed by atoms with Gasteiger partial charge in [0, 0.05) is 18.5 Å². The van der Waals surface area contributed by atoms with Gasteiger partial charge in [-0.1, -0.05) is 54.6 Å². The van der Waals surface area contributed by atoms with Crippen molar-refractivity contribution in [3.8, 4) is 11.5 Å². The highest BCUT2D eigenvalue weighted by Crippen LogP contribution is 2.33. The van der Waals surface area contributed by atoms with Crippen molar-refractivity contribution in [1.29, 1.82) is 0 Å². The Bertz CT molecular complexity index is 1150. The van der Waals surface area contributed by atoms with E-state index >= 15 is 0 Å². The molecule has 1 amide bonds. The molecule has 0 radical (unpaired) electrons. The van der Waals surface area contributed by atoms with E-state index in [1.165, 1.54) is 5.56 Å². The van der Waals surface area contributed by atoms with Crippen LogP contribution in [0.15, 0.2) is 83.3 Å². The first-order chi connectivity index (χ1) is 14.8. The van der Waals surface area contributed by atoms with Crippen molar-refractivity contribution in [2.45, 2.75) is 13.0 Å². The highest BCUT2D eigenvalue weighted by atomic mass is 16.7. The van der Waals surface area contributed by atoms with E-state index in [1.54, 1.807) is 0 Å². The SMILES string of the molecule is O=C(c1cc2ccccc2o1)N(CCc1ccccc1)Cc1ccc2c(c1)OCO2. The largest absolute Gasteiger partial charge is 0.454 e. The van der Waals surface area contributed by atoms with Gasteiger partial charge >= 0.3 is 0 Å². The quantitative estimate of drug-likeness (QED) is 0.455. The van der Waals surface area contributed by atoms with Gasteiger partial charge in [0.05, 0.1) is 0 Å². The van der Waals surface area contributed by atoms with E-state index in [4.69, 9.17) is 13.9 Å². The first-order valence-electron chi connectivity index (χ1n) is 9.96. The summed E-state index contributed by atoms with van der Waals surface area (Å²) in [6.45, 7) is 1.27. The van der Waals surface area contributed by atoms with Crippen molar-refractivity contribution in [3.63, 3.8) is 0 Å². The van der Waals surface area contributed by atoms with E-state index in [0.29, 0.717) is 30.2 Å². The minimum Gasteiger partial charge on any atom is -0.454 e. The van der Waals surface area contributed by atoms with Gasteiger partial charge in [0.2, 0.25) is 6.79 Å². The molecule has 0 bridgehead atoms. The molecule has 4 aromatic rings. The normalized spacial score (nSPS) is 12.3. The molecule has 0 unspecified atom stereocenters. The molecule has 1 aromatic heterocycles. The standard InChI is InChI=1S/C25H21NO4/c27-25(24-15-20-8-4-5-9-21(20)30-24)26(13-12-18-6-2-1-3-7-18)16-19-10-11-22-23(14-19)29-17-28-22/h1-11,14-15H,12-13,16-17H2. The maximum absolute atomic E-state index is 13.4. The Morgan fingerprint density at radius 1 is 0.833 bits per heavy atom. The molecule has 1 aliphatic rings. The number of benzene rings is 3. The molecular weight excluding hydrogens is 378 g/mol. The van der Waals surface area contributed by atoms with E-state index in [0.717, 1.165) is 23.1 Å². The number of fused-ring (bicyclic) bond motifs is 2. The minimum absolute atomic E-state index is 0.125. The Balaban J connectivity index is 1.41. The number of hydrogen-bond acceptors (Lipinski definition) is 4. The van der Waals surface area contributed by atoms with Gasteiger partial charge in [-0.3, -0.25) is 4.79 Å². The first kappa shape index (κ1) is 18.3. The van der Waals surface area contributed by atoms with Gasteiger partial charge in [-0.05, 0) is 41.8 Å². The predicted octanol–water partition coefficient (Wildman–Crippen LogP) is 5.05. The molecular formula is C25H21NO4. The lowest BCUT2D eigenvalue weighted by molar-refractivity contribution is 0.0715. The van der Waals surface area contributed by atoms with E-state index in [9.17, 15) is 4.79 Å². The average molecular weight is 399 g/mol. The topological polar surface area (TPSA) is 51.9 Å². The van der Waals surface area contributed by atoms with Gasteiger partial charge in [-0.15, -0.1) is 0 Å². The second-order valence-corrected chi connectivity index (χ2v) is 7.30. The third-order valence-corrected chi connectivity index (χ3v) is 5.25. The van der Waals surface area contributed by atoms with Crippen LogP contribution in [-0.4, -0.2) is 24.1 Å². The van der Waals surface area contributed by atoms with Crippen LogP contribution in [-0.2, 0) is 13.0 Å². The maximum atomic E-state index is 13.4. The van der Waals surface area contributed by atoms with Crippen molar-refractivity contribution in [2.24, 2.45) is 0 Å². The Hall–Kier alpha value is -3.73. The van der Waals surface area contributed by atoms with Crippen molar-refractivity contribution < 1.29 is 18.7 Å². The number of hydrogen-bond donors (Lipinski definition) is 0. The number of nitrogens with zero attached hydrogens (tertiary/aromatic N) is 1. The zero-order valence-electron chi connectivity index (χ0n) is 16.4.